The maximum Gasteiger partial charge on any atom is 0.348 e. The highest BCUT2D eigenvalue weighted by Crippen LogP contribution is 2.25. The summed E-state index contributed by atoms with van der Waals surface area (Å²) in [5.41, 5.74) is 1.83. The maximum absolute atomic E-state index is 11.4. The summed E-state index contributed by atoms with van der Waals surface area (Å²) in [5, 5.41) is 9.89. The Morgan fingerprint density at radius 3 is 2.95 bits per heavy atom. The largest absolute Gasteiger partial charge is 0.508 e. The fraction of sp³-hybridized carbons (Fsp3) is 0.286. The number of aromatic hydroxyl groups is 1. The third-order valence-electron chi connectivity index (χ3n) is 3.45. The number of aromatic nitrogens is 2. The molecule has 2 aromatic rings. The van der Waals surface area contributed by atoms with Crippen LogP contribution in [0.5, 0.6) is 5.75 Å². The zero-order valence-corrected chi connectivity index (χ0v) is 11.5. The zero-order chi connectivity index (χ0) is 14.1. The number of nitrogens with one attached hydrogen (secondary N) is 1. The number of hydrogen-bond donors (Lipinski definition) is 2. The van der Waals surface area contributed by atoms with Gasteiger partial charge >= 0.3 is 5.69 Å². The van der Waals surface area contributed by atoms with Crippen molar-refractivity contribution in [3.63, 3.8) is 0 Å². The van der Waals surface area contributed by atoms with Crippen molar-refractivity contribution in [3.05, 3.63) is 51.0 Å². The highest BCUT2D eigenvalue weighted by atomic mass is 35.5. The van der Waals surface area contributed by atoms with Gasteiger partial charge < -0.3 is 10.0 Å². The number of fused-ring (bicyclic) bond motifs is 1. The van der Waals surface area contributed by atoms with Crippen molar-refractivity contribution in [2.75, 3.05) is 11.4 Å². The molecule has 0 saturated heterocycles. The first-order chi connectivity index (χ1) is 9.61. The number of phenols is 1. The molecule has 2 heterocycles. The molecule has 104 valence electrons. The molecule has 20 heavy (non-hydrogen) atoms. The second kappa shape index (κ2) is 5.17. The van der Waals surface area contributed by atoms with E-state index < -0.39 is 5.69 Å². The van der Waals surface area contributed by atoms with Crippen molar-refractivity contribution < 1.29 is 5.11 Å². The van der Waals surface area contributed by atoms with Crippen molar-refractivity contribution in [2.24, 2.45) is 0 Å². The van der Waals surface area contributed by atoms with Gasteiger partial charge in [0.2, 0.25) is 0 Å². The van der Waals surface area contributed by atoms with Crippen LogP contribution in [0.1, 0.15) is 17.5 Å². The molecule has 3 rings (SSSR count). The molecule has 1 aliphatic rings. The van der Waals surface area contributed by atoms with Gasteiger partial charge in [-0.1, -0.05) is 17.7 Å². The van der Waals surface area contributed by atoms with Crippen molar-refractivity contribution in [1.29, 1.82) is 0 Å². The number of aryl methyl sites for hydroxylation is 1. The minimum atomic E-state index is -0.451. The van der Waals surface area contributed by atoms with Gasteiger partial charge in [-0.15, -0.1) is 0 Å². The number of nitrogens with zero attached hydrogens (tertiary/aromatic N) is 2. The van der Waals surface area contributed by atoms with E-state index in [-0.39, 0.29) is 10.9 Å². The van der Waals surface area contributed by atoms with Crippen LogP contribution in [0, 0.1) is 0 Å². The Kier molecular flexibility index (Phi) is 3.36. The van der Waals surface area contributed by atoms with Gasteiger partial charge in [0.25, 0.3) is 0 Å². The highest BCUT2D eigenvalue weighted by Gasteiger charge is 2.17. The Morgan fingerprint density at radius 1 is 1.30 bits per heavy atom. The number of anilines is 1. The summed E-state index contributed by atoms with van der Waals surface area (Å²) >= 11 is 5.87. The molecule has 2 N–H and O–H groups in total. The first kappa shape index (κ1) is 13.0. The zero-order valence-electron chi connectivity index (χ0n) is 10.8. The molecule has 0 saturated carbocycles. The minimum Gasteiger partial charge on any atom is -0.508 e. The molecule has 0 atom stereocenters. The Morgan fingerprint density at radius 2 is 2.15 bits per heavy atom. The smallest absolute Gasteiger partial charge is 0.348 e. The van der Waals surface area contributed by atoms with Crippen molar-refractivity contribution >= 4 is 17.4 Å². The summed E-state index contributed by atoms with van der Waals surface area (Å²) < 4.78 is 0. The molecule has 0 amide bonds. The summed E-state index contributed by atoms with van der Waals surface area (Å²) in [7, 11) is 0. The van der Waals surface area contributed by atoms with Crippen molar-refractivity contribution in [1.82, 2.24) is 9.97 Å². The van der Waals surface area contributed by atoms with Crippen LogP contribution in [-0.4, -0.2) is 21.6 Å². The Balaban J connectivity index is 1.97. The molecular formula is C14H14ClN3O2. The summed E-state index contributed by atoms with van der Waals surface area (Å²) in [5.74, 6) is 0.817. The van der Waals surface area contributed by atoms with Gasteiger partial charge in [-0.05, 0) is 36.1 Å². The van der Waals surface area contributed by atoms with Crippen LogP contribution >= 0.6 is 11.6 Å². The average molecular weight is 292 g/mol. The summed E-state index contributed by atoms with van der Waals surface area (Å²) in [6.07, 6.45) is 1.91. The number of halogens is 1. The van der Waals surface area contributed by atoms with Crippen LogP contribution in [-0.2, 0) is 13.0 Å². The quantitative estimate of drug-likeness (QED) is 0.789. The number of aromatic amines is 1. The molecule has 1 aromatic heterocycles. The molecular weight excluding hydrogens is 278 g/mol. The third-order valence-corrected chi connectivity index (χ3v) is 3.65. The monoisotopic (exact) mass is 291 g/mol. The molecule has 1 aliphatic heterocycles. The van der Waals surface area contributed by atoms with Gasteiger partial charge in [0.1, 0.15) is 16.7 Å². The van der Waals surface area contributed by atoms with Crippen molar-refractivity contribution in [2.45, 2.75) is 19.4 Å². The Hall–Kier alpha value is -2.01. The van der Waals surface area contributed by atoms with E-state index in [0.29, 0.717) is 12.4 Å². The number of hydrogen-bond acceptors (Lipinski definition) is 4. The summed E-state index contributed by atoms with van der Waals surface area (Å²) in [6, 6.07) is 7.07. The molecule has 0 radical (unpaired) electrons. The molecule has 0 spiro atoms. The fourth-order valence-electron chi connectivity index (χ4n) is 2.52. The van der Waals surface area contributed by atoms with Gasteiger partial charge in [-0.25, -0.2) is 4.79 Å². The normalized spacial score (nSPS) is 14.8. The minimum absolute atomic E-state index is 0.252. The van der Waals surface area contributed by atoms with E-state index in [1.54, 1.807) is 18.2 Å². The SMILES string of the molecule is O=c1nc(N2CCCc3ccc(O)cc3C2)cc(Cl)[nH]1. The molecule has 0 unspecified atom stereocenters. The number of phenolic OH excluding ortho intramolecular Hbond substituents is 1. The van der Waals surface area contributed by atoms with Crippen LogP contribution in [0.15, 0.2) is 29.1 Å². The van der Waals surface area contributed by atoms with Gasteiger partial charge in [0.05, 0.1) is 0 Å². The predicted molar refractivity (Wildman–Crippen MR) is 77.3 cm³/mol. The third kappa shape index (κ3) is 2.63. The molecule has 5 nitrogen and oxygen atoms in total. The van der Waals surface area contributed by atoms with Gasteiger partial charge in [-0.2, -0.15) is 4.98 Å². The van der Waals surface area contributed by atoms with Gasteiger partial charge in [0.15, 0.2) is 0 Å². The molecule has 6 heteroatoms. The van der Waals surface area contributed by atoms with Crippen LogP contribution in [0.3, 0.4) is 0 Å². The average Bonchev–Trinajstić information content (AvgIpc) is 2.59. The molecule has 0 fully saturated rings. The van der Waals surface area contributed by atoms with E-state index in [0.717, 1.165) is 24.9 Å². The van der Waals surface area contributed by atoms with E-state index in [1.165, 1.54) is 5.56 Å². The predicted octanol–water partition coefficient (Wildman–Crippen LogP) is 2.08. The van der Waals surface area contributed by atoms with Crippen LogP contribution in [0.4, 0.5) is 5.82 Å². The lowest BCUT2D eigenvalue weighted by Crippen LogP contribution is -2.26. The fourth-order valence-corrected chi connectivity index (χ4v) is 2.70. The first-order valence-electron chi connectivity index (χ1n) is 6.44. The Labute approximate surface area is 120 Å². The molecule has 0 aliphatic carbocycles. The lowest BCUT2D eigenvalue weighted by Gasteiger charge is -2.21. The topological polar surface area (TPSA) is 69.2 Å². The Bertz CT molecular complexity index is 699. The molecule has 1 aromatic carbocycles. The summed E-state index contributed by atoms with van der Waals surface area (Å²) in [4.78, 5) is 19.8. The van der Waals surface area contributed by atoms with E-state index in [4.69, 9.17) is 11.6 Å². The second-order valence-corrected chi connectivity index (χ2v) is 5.28. The summed E-state index contributed by atoms with van der Waals surface area (Å²) in [6.45, 7) is 1.40. The van der Waals surface area contributed by atoms with E-state index in [9.17, 15) is 9.90 Å². The van der Waals surface area contributed by atoms with E-state index >= 15 is 0 Å². The first-order valence-corrected chi connectivity index (χ1v) is 6.82. The van der Waals surface area contributed by atoms with Crippen LogP contribution < -0.4 is 10.6 Å². The second-order valence-electron chi connectivity index (χ2n) is 4.87. The number of rotatable bonds is 1. The van der Waals surface area contributed by atoms with Crippen LogP contribution in [0.25, 0.3) is 0 Å². The number of H-pyrrole nitrogens is 1. The van der Waals surface area contributed by atoms with E-state index in [2.05, 4.69) is 9.97 Å². The lowest BCUT2D eigenvalue weighted by atomic mass is 10.0. The maximum atomic E-state index is 11.4. The van der Waals surface area contributed by atoms with E-state index in [1.807, 2.05) is 11.0 Å². The number of benzene rings is 1. The van der Waals surface area contributed by atoms with Crippen LogP contribution in [0.2, 0.25) is 5.15 Å². The van der Waals surface area contributed by atoms with Gasteiger partial charge in [-0.3, -0.25) is 4.98 Å². The highest BCUT2D eigenvalue weighted by molar-refractivity contribution is 6.29. The van der Waals surface area contributed by atoms with Crippen molar-refractivity contribution in [3.8, 4) is 5.75 Å². The van der Waals surface area contributed by atoms with Gasteiger partial charge in [0, 0.05) is 19.2 Å². The lowest BCUT2D eigenvalue weighted by molar-refractivity contribution is 0.474. The standard InChI is InChI=1S/C14H14ClN3O2/c15-12-7-13(17-14(20)16-12)18-5-1-2-9-3-4-11(19)6-10(9)8-18/h3-4,6-7,19H,1-2,5,8H2,(H,16,17,20). The molecule has 0 bridgehead atoms.